The molecule has 1 aliphatic rings. The Bertz CT molecular complexity index is 1260. The number of aliphatic hydroxyl groups excluding tert-OH is 1. The molecule has 0 fully saturated rings. The summed E-state index contributed by atoms with van der Waals surface area (Å²) in [6.45, 7) is 2.08. The molecule has 2 atom stereocenters. The van der Waals surface area contributed by atoms with Gasteiger partial charge in [-0.3, -0.25) is 4.98 Å². The third-order valence-electron chi connectivity index (χ3n) is 6.01. The molecule has 2 heterocycles. The smallest absolute Gasteiger partial charge is 0.115 e. The molecule has 6 nitrogen and oxygen atoms in total. The molecule has 4 aromatic rings. The summed E-state index contributed by atoms with van der Waals surface area (Å²) in [6.07, 6.45) is 1.79. The van der Waals surface area contributed by atoms with E-state index in [9.17, 15) is 10.2 Å². The second kappa shape index (κ2) is 8.94. The molecule has 166 valence electrons. The molecule has 0 saturated carbocycles. The third-order valence-corrected chi connectivity index (χ3v) is 6.01. The molecule has 2 unspecified atom stereocenters. The molecular formula is C27H26N4O2. The Morgan fingerprint density at radius 3 is 2.48 bits per heavy atom. The molecule has 0 bridgehead atoms. The van der Waals surface area contributed by atoms with Crippen LogP contribution >= 0.6 is 0 Å². The van der Waals surface area contributed by atoms with Crippen LogP contribution in [-0.4, -0.2) is 21.8 Å². The summed E-state index contributed by atoms with van der Waals surface area (Å²) in [7, 11) is 0. The van der Waals surface area contributed by atoms with Gasteiger partial charge in [-0.1, -0.05) is 36.4 Å². The standard InChI is InChI=1S/C27H26N4O2/c1-17-23-13-20(9-12-25(23)31-30-17)24-14-21(29-26(16-32)18-5-3-2-4-6-18)15-28-27(24)19-7-10-22(33)11-8-19/h2-15,17,26,29-33H,16H2,1H3. The van der Waals surface area contributed by atoms with Gasteiger partial charge in [0.2, 0.25) is 0 Å². The highest BCUT2D eigenvalue weighted by molar-refractivity contribution is 5.84. The van der Waals surface area contributed by atoms with Crippen LogP contribution in [0.5, 0.6) is 5.75 Å². The van der Waals surface area contributed by atoms with E-state index >= 15 is 0 Å². The highest BCUT2D eigenvalue weighted by Crippen LogP contribution is 2.38. The first-order valence-corrected chi connectivity index (χ1v) is 11.0. The zero-order valence-corrected chi connectivity index (χ0v) is 18.3. The van der Waals surface area contributed by atoms with Crippen LogP contribution in [0.3, 0.4) is 0 Å². The summed E-state index contributed by atoms with van der Waals surface area (Å²) in [5.74, 6) is 0.218. The van der Waals surface area contributed by atoms with Crippen LogP contribution in [0, 0.1) is 0 Å². The van der Waals surface area contributed by atoms with E-state index in [1.54, 1.807) is 18.3 Å². The molecule has 0 aliphatic carbocycles. The van der Waals surface area contributed by atoms with Crippen molar-refractivity contribution in [2.75, 3.05) is 17.3 Å². The van der Waals surface area contributed by atoms with Crippen LogP contribution in [0.4, 0.5) is 11.4 Å². The number of benzene rings is 3. The minimum atomic E-state index is -0.242. The number of hydrogen-bond acceptors (Lipinski definition) is 6. The molecule has 0 amide bonds. The number of phenols is 1. The van der Waals surface area contributed by atoms with E-state index in [0.717, 1.165) is 39.3 Å². The van der Waals surface area contributed by atoms with E-state index in [1.807, 2.05) is 42.5 Å². The number of nitrogens with zero attached hydrogens (tertiary/aromatic N) is 1. The molecule has 6 heteroatoms. The molecule has 5 rings (SSSR count). The second-order valence-electron chi connectivity index (χ2n) is 8.25. The maximum atomic E-state index is 10.0. The van der Waals surface area contributed by atoms with Crippen molar-refractivity contribution in [2.45, 2.75) is 19.0 Å². The van der Waals surface area contributed by atoms with Gasteiger partial charge in [-0.2, -0.15) is 0 Å². The predicted octanol–water partition coefficient (Wildman–Crippen LogP) is 5.26. The monoisotopic (exact) mass is 438 g/mol. The number of hydrogen-bond donors (Lipinski definition) is 5. The van der Waals surface area contributed by atoms with Gasteiger partial charge in [0.25, 0.3) is 0 Å². The number of nitrogens with one attached hydrogen (secondary N) is 3. The van der Waals surface area contributed by atoms with Crippen molar-refractivity contribution in [1.29, 1.82) is 0 Å². The van der Waals surface area contributed by atoms with Gasteiger partial charge in [0, 0.05) is 11.1 Å². The number of rotatable bonds is 6. The van der Waals surface area contributed by atoms with Gasteiger partial charge >= 0.3 is 0 Å². The topological polar surface area (TPSA) is 89.4 Å². The van der Waals surface area contributed by atoms with E-state index in [0.29, 0.717) is 0 Å². The lowest BCUT2D eigenvalue weighted by Crippen LogP contribution is -2.15. The SMILES string of the molecule is CC1NNc2ccc(-c3cc(NC(CO)c4ccccc4)cnc3-c3ccc(O)cc3)cc21. The predicted molar refractivity (Wildman–Crippen MR) is 132 cm³/mol. The summed E-state index contributed by atoms with van der Waals surface area (Å²) in [5, 5.41) is 23.2. The van der Waals surface area contributed by atoms with Gasteiger partial charge in [-0.25, -0.2) is 5.43 Å². The average Bonchev–Trinajstić information content (AvgIpc) is 3.23. The summed E-state index contributed by atoms with van der Waals surface area (Å²) in [6, 6.07) is 25.3. The number of aromatic hydroxyl groups is 1. The van der Waals surface area contributed by atoms with Crippen molar-refractivity contribution < 1.29 is 10.2 Å². The van der Waals surface area contributed by atoms with Gasteiger partial charge < -0.3 is 21.0 Å². The Balaban J connectivity index is 1.58. The van der Waals surface area contributed by atoms with Gasteiger partial charge in [-0.15, -0.1) is 0 Å². The molecule has 33 heavy (non-hydrogen) atoms. The largest absolute Gasteiger partial charge is 0.508 e. The molecule has 5 N–H and O–H groups in total. The molecule has 1 aromatic heterocycles. The molecule has 0 saturated heterocycles. The summed E-state index contributed by atoms with van der Waals surface area (Å²) in [5.41, 5.74) is 14.3. The van der Waals surface area contributed by atoms with Crippen molar-refractivity contribution in [3.8, 4) is 28.1 Å². The Morgan fingerprint density at radius 2 is 1.73 bits per heavy atom. The summed E-state index contributed by atoms with van der Waals surface area (Å²) >= 11 is 0. The maximum Gasteiger partial charge on any atom is 0.115 e. The highest BCUT2D eigenvalue weighted by atomic mass is 16.3. The van der Waals surface area contributed by atoms with Crippen LogP contribution in [0.15, 0.2) is 85.1 Å². The Labute approximate surface area is 192 Å². The summed E-state index contributed by atoms with van der Waals surface area (Å²) in [4.78, 5) is 4.79. The van der Waals surface area contributed by atoms with Crippen LogP contribution in [0.2, 0.25) is 0 Å². The lowest BCUT2D eigenvalue weighted by atomic mass is 9.95. The van der Waals surface area contributed by atoms with E-state index < -0.39 is 0 Å². The van der Waals surface area contributed by atoms with Crippen LogP contribution in [-0.2, 0) is 0 Å². The van der Waals surface area contributed by atoms with Crippen molar-refractivity contribution in [2.24, 2.45) is 0 Å². The normalized spacial score (nSPS) is 15.5. The number of anilines is 2. The van der Waals surface area contributed by atoms with Gasteiger partial charge in [0.1, 0.15) is 5.75 Å². The molecule has 0 spiro atoms. The van der Waals surface area contributed by atoms with Gasteiger partial charge in [-0.05, 0) is 66.1 Å². The Hall–Kier alpha value is -3.87. The highest BCUT2D eigenvalue weighted by Gasteiger charge is 2.20. The first-order chi connectivity index (χ1) is 16.1. The molecule has 0 radical (unpaired) electrons. The van der Waals surface area contributed by atoms with Crippen molar-refractivity contribution in [3.05, 3.63) is 96.2 Å². The first kappa shape index (κ1) is 21.0. The minimum Gasteiger partial charge on any atom is -0.508 e. The Morgan fingerprint density at radius 1 is 0.970 bits per heavy atom. The fourth-order valence-electron chi connectivity index (χ4n) is 4.20. The van der Waals surface area contributed by atoms with Crippen molar-refractivity contribution in [3.63, 3.8) is 0 Å². The maximum absolute atomic E-state index is 10.0. The number of phenolic OH excluding ortho intramolecular Hbond substituents is 1. The van der Waals surface area contributed by atoms with Crippen molar-refractivity contribution >= 4 is 11.4 Å². The zero-order valence-electron chi connectivity index (χ0n) is 18.3. The summed E-state index contributed by atoms with van der Waals surface area (Å²) < 4.78 is 0. The number of aliphatic hydroxyl groups is 1. The van der Waals surface area contributed by atoms with Gasteiger partial charge in [0.15, 0.2) is 0 Å². The minimum absolute atomic E-state index is 0.0350. The number of aromatic nitrogens is 1. The van der Waals surface area contributed by atoms with Crippen LogP contribution < -0.4 is 16.2 Å². The van der Waals surface area contributed by atoms with E-state index in [-0.39, 0.29) is 24.4 Å². The fourth-order valence-corrected chi connectivity index (χ4v) is 4.20. The van der Waals surface area contributed by atoms with E-state index in [2.05, 4.69) is 47.4 Å². The Kier molecular flexibility index (Phi) is 5.69. The average molecular weight is 439 g/mol. The zero-order chi connectivity index (χ0) is 22.8. The second-order valence-corrected chi connectivity index (χ2v) is 8.25. The van der Waals surface area contributed by atoms with Crippen LogP contribution in [0.1, 0.15) is 30.1 Å². The number of hydrazine groups is 1. The van der Waals surface area contributed by atoms with E-state index in [1.165, 1.54) is 5.56 Å². The molecule has 3 aromatic carbocycles. The molecule has 1 aliphatic heterocycles. The lowest BCUT2D eigenvalue weighted by Gasteiger charge is -2.20. The number of fused-ring (bicyclic) bond motifs is 1. The fraction of sp³-hybridized carbons (Fsp3) is 0.148. The quantitative estimate of drug-likeness (QED) is 0.282. The van der Waals surface area contributed by atoms with E-state index in [4.69, 9.17) is 4.98 Å². The first-order valence-electron chi connectivity index (χ1n) is 11.0. The lowest BCUT2D eigenvalue weighted by molar-refractivity contribution is 0.276. The number of pyridine rings is 1. The van der Waals surface area contributed by atoms with Crippen LogP contribution in [0.25, 0.3) is 22.4 Å². The third kappa shape index (κ3) is 4.26. The van der Waals surface area contributed by atoms with Gasteiger partial charge in [0.05, 0.1) is 42.0 Å². The van der Waals surface area contributed by atoms with Crippen molar-refractivity contribution in [1.82, 2.24) is 10.4 Å². The molecular weight excluding hydrogens is 412 g/mol.